The molecule has 2 amide bonds. The third-order valence-corrected chi connectivity index (χ3v) is 5.12. The molecule has 0 spiro atoms. The van der Waals surface area contributed by atoms with Crippen molar-refractivity contribution in [3.8, 4) is 5.75 Å². The van der Waals surface area contributed by atoms with Crippen molar-refractivity contribution in [2.24, 2.45) is 5.92 Å². The second-order valence-electron chi connectivity index (χ2n) is 8.32. The van der Waals surface area contributed by atoms with Crippen LogP contribution in [0.5, 0.6) is 5.75 Å². The van der Waals surface area contributed by atoms with Gasteiger partial charge in [-0.1, -0.05) is 57.2 Å². The van der Waals surface area contributed by atoms with Gasteiger partial charge in [0, 0.05) is 19.5 Å². The summed E-state index contributed by atoms with van der Waals surface area (Å²) in [6.45, 7) is 7.33. The van der Waals surface area contributed by atoms with Gasteiger partial charge in [-0.15, -0.1) is 0 Å². The minimum Gasteiger partial charge on any atom is -0.495 e. The molecule has 0 unspecified atom stereocenters. The fraction of sp³-hybridized carbons (Fsp3) is 0.391. The van der Waals surface area contributed by atoms with Crippen molar-refractivity contribution in [2.75, 3.05) is 19.0 Å². The molecule has 1 saturated heterocycles. The molecule has 1 aliphatic heterocycles. The first-order valence-corrected chi connectivity index (χ1v) is 9.59. The minimum atomic E-state index is -0.362. The van der Waals surface area contributed by atoms with Crippen LogP contribution in [0.15, 0.2) is 48.5 Å². The van der Waals surface area contributed by atoms with Crippen LogP contribution in [0.3, 0.4) is 0 Å². The Morgan fingerprint density at radius 3 is 2.54 bits per heavy atom. The lowest BCUT2D eigenvalue weighted by Crippen LogP contribution is -2.28. The third kappa shape index (κ3) is 4.53. The van der Waals surface area contributed by atoms with Crippen LogP contribution in [0.2, 0.25) is 0 Å². The number of methoxy groups -OCH3 is 1. The fourth-order valence-corrected chi connectivity index (χ4v) is 3.41. The van der Waals surface area contributed by atoms with E-state index >= 15 is 0 Å². The summed E-state index contributed by atoms with van der Waals surface area (Å²) in [5.41, 5.74) is 2.78. The summed E-state index contributed by atoms with van der Waals surface area (Å²) in [6.07, 6.45) is 0.236. The van der Waals surface area contributed by atoms with Crippen LogP contribution in [0.4, 0.5) is 5.69 Å². The zero-order valence-corrected chi connectivity index (χ0v) is 17.0. The highest BCUT2D eigenvalue weighted by atomic mass is 16.5. The second kappa shape index (κ2) is 8.05. The highest BCUT2D eigenvalue weighted by Gasteiger charge is 2.34. The van der Waals surface area contributed by atoms with Gasteiger partial charge in [0.1, 0.15) is 5.75 Å². The number of benzene rings is 2. The molecule has 0 saturated carbocycles. The Labute approximate surface area is 166 Å². The van der Waals surface area contributed by atoms with Crippen LogP contribution < -0.4 is 10.1 Å². The van der Waals surface area contributed by atoms with Crippen molar-refractivity contribution >= 4 is 17.5 Å². The lowest BCUT2D eigenvalue weighted by molar-refractivity contribution is -0.128. The van der Waals surface area contributed by atoms with Crippen molar-refractivity contribution in [2.45, 2.75) is 39.2 Å². The van der Waals surface area contributed by atoms with Gasteiger partial charge < -0.3 is 15.0 Å². The van der Waals surface area contributed by atoms with Gasteiger partial charge in [-0.2, -0.15) is 0 Å². The van der Waals surface area contributed by atoms with Gasteiger partial charge >= 0.3 is 0 Å². The maximum Gasteiger partial charge on any atom is 0.229 e. The van der Waals surface area contributed by atoms with E-state index in [9.17, 15) is 9.59 Å². The quantitative estimate of drug-likeness (QED) is 0.854. The molecule has 28 heavy (non-hydrogen) atoms. The molecule has 2 aromatic rings. The maximum atomic E-state index is 12.8. The van der Waals surface area contributed by atoms with E-state index < -0.39 is 0 Å². The van der Waals surface area contributed by atoms with Crippen molar-refractivity contribution in [3.05, 3.63) is 59.7 Å². The molecule has 0 radical (unpaired) electrons. The zero-order valence-electron chi connectivity index (χ0n) is 17.0. The summed E-state index contributed by atoms with van der Waals surface area (Å²) >= 11 is 0. The Hall–Kier alpha value is -2.82. The summed E-state index contributed by atoms with van der Waals surface area (Å²) in [7, 11) is 1.59. The van der Waals surface area contributed by atoms with Crippen LogP contribution >= 0.6 is 0 Å². The van der Waals surface area contributed by atoms with E-state index in [2.05, 4.69) is 26.1 Å². The summed E-state index contributed by atoms with van der Waals surface area (Å²) in [4.78, 5) is 27.0. The largest absolute Gasteiger partial charge is 0.495 e. The van der Waals surface area contributed by atoms with Gasteiger partial charge in [-0.05, 0) is 28.7 Å². The van der Waals surface area contributed by atoms with Crippen LogP contribution in [-0.2, 0) is 21.5 Å². The highest BCUT2D eigenvalue weighted by molar-refractivity contribution is 5.98. The Bertz CT molecular complexity index is 856. The van der Waals surface area contributed by atoms with Crippen molar-refractivity contribution in [1.82, 2.24) is 4.90 Å². The summed E-state index contributed by atoms with van der Waals surface area (Å²) < 4.78 is 5.41. The van der Waals surface area contributed by atoms with E-state index in [4.69, 9.17) is 4.74 Å². The number of ether oxygens (including phenoxy) is 1. The number of hydrogen-bond donors (Lipinski definition) is 1. The van der Waals surface area contributed by atoms with Gasteiger partial charge in [0.05, 0.1) is 18.7 Å². The summed E-state index contributed by atoms with van der Waals surface area (Å²) in [6, 6.07) is 15.7. The average Bonchev–Trinajstić information content (AvgIpc) is 3.02. The summed E-state index contributed by atoms with van der Waals surface area (Å²) in [5.74, 6) is 0.124. The number of amides is 2. The van der Waals surface area contributed by atoms with Crippen molar-refractivity contribution < 1.29 is 14.3 Å². The monoisotopic (exact) mass is 380 g/mol. The lowest BCUT2D eigenvalue weighted by Gasteiger charge is -2.22. The average molecular weight is 380 g/mol. The van der Waals surface area contributed by atoms with Crippen LogP contribution in [0.1, 0.15) is 38.3 Å². The first-order valence-electron chi connectivity index (χ1n) is 9.59. The Morgan fingerprint density at radius 1 is 1.18 bits per heavy atom. The van der Waals surface area contributed by atoms with E-state index in [1.54, 1.807) is 12.0 Å². The van der Waals surface area contributed by atoms with Crippen LogP contribution in [-0.4, -0.2) is 30.4 Å². The van der Waals surface area contributed by atoms with E-state index in [1.165, 1.54) is 0 Å². The number of hydrogen-bond acceptors (Lipinski definition) is 3. The second-order valence-corrected chi connectivity index (χ2v) is 8.32. The highest BCUT2D eigenvalue weighted by Crippen LogP contribution is 2.32. The molecule has 0 bridgehead atoms. The molecule has 3 rings (SSSR count). The molecule has 1 N–H and O–H groups in total. The molecule has 0 aromatic heterocycles. The molecule has 2 aromatic carbocycles. The lowest BCUT2D eigenvalue weighted by atomic mass is 9.86. The maximum absolute atomic E-state index is 12.8. The van der Waals surface area contributed by atoms with Gasteiger partial charge in [0.15, 0.2) is 0 Å². The summed E-state index contributed by atoms with van der Waals surface area (Å²) in [5, 5.41) is 2.98. The number of nitrogens with one attached hydrogen (secondary N) is 1. The number of carbonyl (C=O) groups is 2. The smallest absolute Gasteiger partial charge is 0.229 e. The van der Waals surface area contributed by atoms with Gasteiger partial charge in [-0.25, -0.2) is 0 Å². The van der Waals surface area contributed by atoms with Crippen LogP contribution in [0, 0.1) is 5.92 Å². The first-order chi connectivity index (χ1) is 13.3. The normalized spacial score (nSPS) is 16.9. The van der Waals surface area contributed by atoms with E-state index in [-0.39, 0.29) is 29.6 Å². The predicted octanol–water partition coefficient (Wildman–Crippen LogP) is 3.98. The first kappa shape index (κ1) is 19.9. The Morgan fingerprint density at radius 2 is 1.89 bits per heavy atom. The Balaban J connectivity index is 1.71. The molecule has 1 atom stereocenters. The SMILES string of the molecule is COc1ccc(C(C)(C)C)cc1NC(=O)[C@@H]1CC(=O)N(Cc2ccccc2)C1. The topological polar surface area (TPSA) is 58.6 Å². The Kier molecular flexibility index (Phi) is 5.73. The molecule has 5 nitrogen and oxygen atoms in total. The van der Waals surface area contributed by atoms with Crippen molar-refractivity contribution in [3.63, 3.8) is 0 Å². The number of nitrogens with zero attached hydrogens (tertiary/aromatic N) is 1. The standard InChI is InChI=1S/C23H28N2O3/c1-23(2,3)18-10-11-20(28-4)19(13-18)24-22(27)17-12-21(26)25(15-17)14-16-8-6-5-7-9-16/h5-11,13,17H,12,14-15H2,1-4H3,(H,24,27)/t17-/m1/s1. The number of carbonyl (C=O) groups excluding carboxylic acids is 2. The number of anilines is 1. The molecule has 5 heteroatoms. The van der Waals surface area contributed by atoms with Gasteiger partial charge in [-0.3, -0.25) is 9.59 Å². The molecular weight excluding hydrogens is 352 g/mol. The third-order valence-electron chi connectivity index (χ3n) is 5.12. The zero-order chi connectivity index (χ0) is 20.3. The molecule has 1 fully saturated rings. The van der Waals surface area contributed by atoms with E-state index in [0.29, 0.717) is 24.5 Å². The molecule has 1 aliphatic rings. The van der Waals surface area contributed by atoms with Gasteiger partial charge in [0.25, 0.3) is 0 Å². The molecular formula is C23H28N2O3. The van der Waals surface area contributed by atoms with Gasteiger partial charge in [0.2, 0.25) is 11.8 Å². The number of rotatable bonds is 5. The van der Waals surface area contributed by atoms with E-state index in [1.807, 2.05) is 48.5 Å². The molecule has 148 valence electrons. The minimum absolute atomic E-state index is 0.0133. The van der Waals surface area contributed by atoms with E-state index in [0.717, 1.165) is 11.1 Å². The fourth-order valence-electron chi connectivity index (χ4n) is 3.41. The molecule has 0 aliphatic carbocycles. The van der Waals surface area contributed by atoms with Crippen molar-refractivity contribution in [1.29, 1.82) is 0 Å². The molecule has 1 heterocycles. The predicted molar refractivity (Wildman–Crippen MR) is 110 cm³/mol. The number of likely N-dealkylation sites (tertiary alicyclic amines) is 1. The van der Waals surface area contributed by atoms with Crippen LogP contribution in [0.25, 0.3) is 0 Å².